The Balaban J connectivity index is 2.17. The molecular weight excluding hydrogens is 285 g/mol. The van der Waals surface area contributed by atoms with E-state index in [9.17, 15) is 8.42 Å². The molecule has 0 saturated heterocycles. The lowest BCUT2D eigenvalue weighted by molar-refractivity contribution is 0.0712. The van der Waals surface area contributed by atoms with Gasteiger partial charge in [0.2, 0.25) is 10.0 Å². The van der Waals surface area contributed by atoms with E-state index in [-0.39, 0.29) is 16.0 Å². The number of aliphatic hydroxyl groups excluding tert-OH is 1. The van der Waals surface area contributed by atoms with Gasteiger partial charge < -0.3 is 5.11 Å². The predicted octanol–water partition coefficient (Wildman–Crippen LogP) is 1.79. The van der Waals surface area contributed by atoms with Gasteiger partial charge in [-0.3, -0.25) is 0 Å². The Morgan fingerprint density at radius 2 is 1.88 bits per heavy atom. The number of hydrogen-bond donors (Lipinski definition) is 2. The molecule has 94 valence electrons. The Morgan fingerprint density at radius 3 is 2.41 bits per heavy atom. The molecule has 0 aliphatic heterocycles. The SMILES string of the molecule is O=S(=O)(NC1CC(O)C1)c1ccc(Cl)c(Cl)c1. The molecular formula is C10H11Cl2NO3S. The van der Waals surface area contributed by atoms with Crippen molar-refractivity contribution in [3.63, 3.8) is 0 Å². The van der Waals surface area contributed by atoms with Crippen LogP contribution in [0.2, 0.25) is 10.0 Å². The summed E-state index contributed by atoms with van der Waals surface area (Å²) in [6.07, 6.45) is 0.484. The molecule has 1 fully saturated rings. The zero-order chi connectivity index (χ0) is 12.6. The topological polar surface area (TPSA) is 66.4 Å². The second-order valence-corrected chi connectivity index (χ2v) is 6.55. The molecule has 0 radical (unpaired) electrons. The molecule has 2 N–H and O–H groups in total. The summed E-state index contributed by atoms with van der Waals surface area (Å²) in [5, 5.41) is 9.60. The lowest BCUT2D eigenvalue weighted by Crippen LogP contribution is -2.46. The highest BCUT2D eigenvalue weighted by molar-refractivity contribution is 7.89. The van der Waals surface area contributed by atoms with Crippen molar-refractivity contribution in [3.8, 4) is 0 Å². The maximum absolute atomic E-state index is 11.9. The summed E-state index contributed by atoms with van der Waals surface area (Å²) in [6, 6.07) is 3.94. The number of halogens is 2. The molecule has 0 aromatic heterocycles. The average molecular weight is 296 g/mol. The number of sulfonamides is 1. The summed E-state index contributed by atoms with van der Waals surface area (Å²) in [5.74, 6) is 0. The monoisotopic (exact) mass is 295 g/mol. The molecule has 0 amide bonds. The number of benzene rings is 1. The van der Waals surface area contributed by atoms with Gasteiger partial charge in [-0.05, 0) is 31.0 Å². The van der Waals surface area contributed by atoms with Gasteiger partial charge in [0.25, 0.3) is 0 Å². The molecule has 7 heteroatoms. The fourth-order valence-electron chi connectivity index (χ4n) is 1.62. The average Bonchev–Trinajstić information content (AvgIpc) is 2.19. The van der Waals surface area contributed by atoms with Gasteiger partial charge in [-0.2, -0.15) is 0 Å². The van der Waals surface area contributed by atoms with Crippen LogP contribution < -0.4 is 4.72 Å². The Hall–Kier alpha value is -0.330. The van der Waals surface area contributed by atoms with Crippen molar-refractivity contribution in [2.24, 2.45) is 0 Å². The van der Waals surface area contributed by atoms with Crippen molar-refractivity contribution < 1.29 is 13.5 Å². The third-order valence-corrected chi connectivity index (χ3v) is 4.89. The summed E-state index contributed by atoms with van der Waals surface area (Å²) in [4.78, 5) is 0.0771. The molecule has 1 aliphatic carbocycles. The first kappa shape index (κ1) is 13.1. The first-order valence-corrected chi connectivity index (χ1v) is 7.28. The molecule has 1 saturated carbocycles. The normalized spacial score (nSPS) is 24.4. The minimum atomic E-state index is -3.59. The molecule has 1 aromatic rings. The number of hydrogen-bond acceptors (Lipinski definition) is 3. The zero-order valence-electron chi connectivity index (χ0n) is 8.73. The van der Waals surface area contributed by atoms with E-state index in [0.29, 0.717) is 17.9 Å². The fourth-order valence-corrected chi connectivity index (χ4v) is 3.27. The van der Waals surface area contributed by atoms with Gasteiger partial charge in [0.1, 0.15) is 0 Å². The fraction of sp³-hybridized carbons (Fsp3) is 0.400. The first-order chi connectivity index (χ1) is 7.88. The highest BCUT2D eigenvalue weighted by Crippen LogP contribution is 2.26. The molecule has 0 spiro atoms. The highest BCUT2D eigenvalue weighted by Gasteiger charge is 2.31. The zero-order valence-corrected chi connectivity index (χ0v) is 11.1. The van der Waals surface area contributed by atoms with Gasteiger partial charge in [-0.15, -0.1) is 0 Å². The largest absolute Gasteiger partial charge is 0.393 e. The molecule has 0 bridgehead atoms. The maximum atomic E-state index is 11.9. The molecule has 0 heterocycles. The molecule has 4 nitrogen and oxygen atoms in total. The lowest BCUT2D eigenvalue weighted by atomic mass is 9.91. The van der Waals surface area contributed by atoms with Gasteiger partial charge >= 0.3 is 0 Å². The van der Waals surface area contributed by atoms with Crippen LogP contribution in [0, 0.1) is 0 Å². The standard InChI is InChI=1S/C10H11Cl2NO3S/c11-9-2-1-8(5-10(9)12)17(15,16)13-6-3-7(14)4-6/h1-2,5-7,13-14H,3-4H2. The van der Waals surface area contributed by atoms with Crippen molar-refractivity contribution in [3.05, 3.63) is 28.2 Å². The molecule has 0 atom stereocenters. The minimum Gasteiger partial charge on any atom is -0.393 e. The molecule has 1 aromatic carbocycles. The summed E-state index contributed by atoms with van der Waals surface area (Å²) in [6.45, 7) is 0. The van der Waals surface area contributed by atoms with Gasteiger partial charge in [-0.25, -0.2) is 13.1 Å². The quantitative estimate of drug-likeness (QED) is 0.893. The van der Waals surface area contributed by atoms with Crippen LogP contribution in [-0.2, 0) is 10.0 Å². The first-order valence-electron chi connectivity index (χ1n) is 5.04. The van der Waals surface area contributed by atoms with E-state index in [1.54, 1.807) is 0 Å². The van der Waals surface area contributed by atoms with Gasteiger partial charge in [0.15, 0.2) is 0 Å². The van der Waals surface area contributed by atoms with E-state index >= 15 is 0 Å². The summed E-state index contributed by atoms with van der Waals surface area (Å²) in [7, 11) is -3.59. The molecule has 17 heavy (non-hydrogen) atoms. The van der Waals surface area contributed by atoms with Crippen molar-refractivity contribution in [2.75, 3.05) is 0 Å². The molecule has 0 unspecified atom stereocenters. The van der Waals surface area contributed by atoms with Gasteiger partial charge in [0, 0.05) is 6.04 Å². The predicted molar refractivity (Wildman–Crippen MR) is 65.8 cm³/mol. The third-order valence-electron chi connectivity index (χ3n) is 2.64. The number of rotatable bonds is 3. The van der Waals surface area contributed by atoms with Crippen LogP contribution in [0.25, 0.3) is 0 Å². The van der Waals surface area contributed by atoms with Crippen molar-refractivity contribution in [1.82, 2.24) is 4.72 Å². The Bertz CT molecular complexity index is 526. The van der Waals surface area contributed by atoms with Crippen molar-refractivity contribution in [2.45, 2.75) is 29.9 Å². The Kier molecular flexibility index (Phi) is 3.66. The van der Waals surface area contributed by atoms with E-state index in [4.69, 9.17) is 28.3 Å². The van der Waals surface area contributed by atoms with E-state index in [2.05, 4.69) is 4.72 Å². The van der Waals surface area contributed by atoms with Crippen LogP contribution in [0.1, 0.15) is 12.8 Å². The number of aliphatic hydroxyl groups is 1. The smallest absolute Gasteiger partial charge is 0.240 e. The van der Waals surface area contributed by atoms with E-state index < -0.39 is 16.1 Å². The van der Waals surface area contributed by atoms with Gasteiger partial charge in [-0.1, -0.05) is 23.2 Å². The summed E-state index contributed by atoms with van der Waals surface area (Å²) in [5.41, 5.74) is 0. The third kappa shape index (κ3) is 2.92. The van der Waals surface area contributed by atoms with Crippen LogP contribution in [0.3, 0.4) is 0 Å². The second kappa shape index (κ2) is 4.74. The summed E-state index contributed by atoms with van der Waals surface area (Å²) < 4.78 is 26.3. The van der Waals surface area contributed by atoms with Crippen LogP contribution in [-0.4, -0.2) is 25.7 Å². The summed E-state index contributed by atoms with van der Waals surface area (Å²) >= 11 is 11.5. The van der Waals surface area contributed by atoms with Crippen LogP contribution >= 0.6 is 23.2 Å². The van der Waals surface area contributed by atoms with Crippen LogP contribution in [0.15, 0.2) is 23.1 Å². The van der Waals surface area contributed by atoms with E-state index in [1.807, 2.05) is 0 Å². The molecule has 1 aliphatic rings. The van der Waals surface area contributed by atoms with Gasteiger partial charge in [0.05, 0.1) is 21.0 Å². The Morgan fingerprint density at radius 1 is 1.24 bits per heavy atom. The highest BCUT2D eigenvalue weighted by atomic mass is 35.5. The maximum Gasteiger partial charge on any atom is 0.240 e. The minimum absolute atomic E-state index is 0.0771. The van der Waals surface area contributed by atoms with E-state index in [0.717, 1.165) is 0 Å². The van der Waals surface area contributed by atoms with Crippen molar-refractivity contribution in [1.29, 1.82) is 0 Å². The Labute approximate surface area is 110 Å². The van der Waals surface area contributed by atoms with Crippen LogP contribution in [0.4, 0.5) is 0 Å². The lowest BCUT2D eigenvalue weighted by Gasteiger charge is -2.31. The van der Waals surface area contributed by atoms with E-state index in [1.165, 1.54) is 18.2 Å². The second-order valence-electron chi connectivity index (χ2n) is 4.02. The van der Waals surface area contributed by atoms with Crippen LogP contribution in [0.5, 0.6) is 0 Å². The number of nitrogens with one attached hydrogen (secondary N) is 1. The molecule has 2 rings (SSSR count). The van der Waals surface area contributed by atoms with Crippen molar-refractivity contribution >= 4 is 33.2 Å².